The van der Waals surface area contributed by atoms with Crippen molar-refractivity contribution >= 4 is 0 Å². The van der Waals surface area contributed by atoms with Crippen molar-refractivity contribution in [3.05, 3.63) is 34.4 Å². The molecule has 1 heteroatoms. The van der Waals surface area contributed by atoms with E-state index < -0.39 is 0 Å². The Balaban J connectivity index is 2.52. The summed E-state index contributed by atoms with van der Waals surface area (Å²) in [6.07, 6.45) is 1.23. The molecular formula is C13H19N. The van der Waals surface area contributed by atoms with Crippen LogP contribution in [-0.2, 0) is 6.42 Å². The minimum Gasteiger partial charge on any atom is -0.313 e. The Bertz CT molecular complexity index is 354. The van der Waals surface area contributed by atoms with E-state index in [9.17, 15) is 0 Å². The second-order valence-electron chi connectivity index (χ2n) is 4.52. The molecule has 0 saturated carbocycles. The summed E-state index contributed by atoms with van der Waals surface area (Å²) in [7, 11) is 2.06. The summed E-state index contributed by atoms with van der Waals surface area (Å²) in [4.78, 5) is 0. The molecule has 2 unspecified atom stereocenters. The van der Waals surface area contributed by atoms with Gasteiger partial charge in [0.05, 0.1) is 0 Å². The first-order valence-electron chi connectivity index (χ1n) is 5.41. The fraction of sp³-hybridized carbons (Fsp3) is 0.538. The van der Waals surface area contributed by atoms with E-state index in [2.05, 4.69) is 45.3 Å². The largest absolute Gasteiger partial charge is 0.313 e. The Hall–Kier alpha value is -0.820. The van der Waals surface area contributed by atoms with Crippen LogP contribution in [-0.4, -0.2) is 7.05 Å². The summed E-state index contributed by atoms with van der Waals surface area (Å²) < 4.78 is 0. The van der Waals surface area contributed by atoms with Crippen LogP contribution in [0.25, 0.3) is 0 Å². The molecule has 1 aliphatic rings. The van der Waals surface area contributed by atoms with Crippen molar-refractivity contribution in [3.63, 3.8) is 0 Å². The van der Waals surface area contributed by atoms with E-state index in [4.69, 9.17) is 0 Å². The van der Waals surface area contributed by atoms with E-state index in [1.54, 1.807) is 5.56 Å². The molecule has 2 atom stereocenters. The van der Waals surface area contributed by atoms with Crippen LogP contribution in [0.5, 0.6) is 0 Å². The molecule has 0 saturated heterocycles. The number of fused-ring (bicyclic) bond motifs is 1. The quantitative estimate of drug-likeness (QED) is 0.716. The van der Waals surface area contributed by atoms with Gasteiger partial charge in [-0.25, -0.2) is 0 Å². The average Bonchev–Trinajstić information content (AvgIpc) is 2.49. The molecule has 0 aliphatic heterocycles. The van der Waals surface area contributed by atoms with Gasteiger partial charge in [0.25, 0.3) is 0 Å². The smallest absolute Gasteiger partial charge is 0.0349 e. The first-order chi connectivity index (χ1) is 6.65. The number of rotatable bonds is 1. The van der Waals surface area contributed by atoms with Gasteiger partial charge in [-0.05, 0) is 55.5 Å². The van der Waals surface area contributed by atoms with E-state index in [0.29, 0.717) is 6.04 Å². The predicted molar refractivity (Wildman–Crippen MR) is 60.6 cm³/mol. The molecule has 0 spiro atoms. The van der Waals surface area contributed by atoms with Crippen LogP contribution >= 0.6 is 0 Å². The van der Waals surface area contributed by atoms with Gasteiger partial charge in [-0.15, -0.1) is 0 Å². The number of nitrogens with one attached hydrogen (secondary N) is 1. The van der Waals surface area contributed by atoms with Crippen molar-refractivity contribution in [3.8, 4) is 0 Å². The van der Waals surface area contributed by atoms with Gasteiger partial charge in [-0.2, -0.15) is 0 Å². The molecule has 1 nitrogen and oxygen atoms in total. The van der Waals surface area contributed by atoms with E-state index in [1.165, 1.54) is 23.1 Å². The Labute approximate surface area is 86.5 Å². The van der Waals surface area contributed by atoms with Crippen molar-refractivity contribution in [1.82, 2.24) is 5.32 Å². The summed E-state index contributed by atoms with van der Waals surface area (Å²) in [5.41, 5.74) is 6.01. The minimum absolute atomic E-state index is 0.560. The fourth-order valence-electron chi connectivity index (χ4n) is 2.64. The van der Waals surface area contributed by atoms with Crippen molar-refractivity contribution in [2.45, 2.75) is 33.2 Å². The number of aryl methyl sites for hydroxylation is 1. The molecular weight excluding hydrogens is 170 g/mol. The molecule has 0 radical (unpaired) electrons. The second kappa shape index (κ2) is 3.39. The van der Waals surface area contributed by atoms with Gasteiger partial charge in [-0.1, -0.05) is 19.1 Å². The van der Waals surface area contributed by atoms with Crippen LogP contribution in [0.1, 0.15) is 35.2 Å². The van der Waals surface area contributed by atoms with Gasteiger partial charge in [-0.3, -0.25) is 0 Å². The first kappa shape index (κ1) is 9.72. The molecule has 1 aliphatic carbocycles. The Morgan fingerprint density at radius 2 is 2.00 bits per heavy atom. The first-order valence-corrected chi connectivity index (χ1v) is 5.41. The summed E-state index contributed by atoms with van der Waals surface area (Å²) >= 11 is 0. The highest BCUT2D eigenvalue weighted by molar-refractivity contribution is 5.44. The van der Waals surface area contributed by atoms with E-state index in [-0.39, 0.29) is 0 Å². The molecule has 76 valence electrons. The number of hydrogen-bond acceptors (Lipinski definition) is 1. The maximum Gasteiger partial charge on any atom is 0.0349 e. The molecule has 0 bridgehead atoms. The zero-order valence-electron chi connectivity index (χ0n) is 9.52. The molecule has 0 amide bonds. The summed E-state index contributed by atoms with van der Waals surface area (Å²) in [5.74, 6) is 0.732. The number of hydrogen-bond donors (Lipinski definition) is 1. The minimum atomic E-state index is 0.560. The molecule has 0 heterocycles. The molecule has 14 heavy (non-hydrogen) atoms. The van der Waals surface area contributed by atoms with E-state index in [0.717, 1.165) is 5.92 Å². The SMILES string of the molecule is CNC1c2ccc(C)c(C)c2CC1C. The standard InChI is InChI=1S/C13H19N/c1-8-5-6-11-12(10(8)3)7-9(2)13(11)14-4/h5-6,9,13-14H,7H2,1-4H3. The lowest BCUT2D eigenvalue weighted by molar-refractivity contribution is 0.447. The van der Waals surface area contributed by atoms with Crippen molar-refractivity contribution in [2.75, 3.05) is 7.05 Å². The second-order valence-corrected chi connectivity index (χ2v) is 4.52. The van der Waals surface area contributed by atoms with Gasteiger partial charge < -0.3 is 5.32 Å². The number of benzene rings is 1. The third-order valence-corrected chi connectivity index (χ3v) is 3.65. The summed E-state index contributed by atoms with van der Waals surface area (Å²) in [6, 6.07) is 5.10. The molecule has 0 aromatic heterocycles. The summed E-state index contributed by atoms with van der Waals surface area (Å²) in [6.45, 7) is 6.78. The molecule has 1 aromatic rings. The van der Waals surface area contributed by atoms with Gasteiger partial charge in [0.1, 0.15) is 0 Å². The Morgan fingerprint density at radius 1 is 1.29 bits per heavy atom. The van der Waals surface area contributed by atoms with Crippen molar-refractivity contribution in [1.29, 1.82) is 0 Å². The topological polar surface area (TPSA) is 12.0 Å². The van der Waals surface area contributed by atoms with Gasteiger partial charge >= 0.3 is 0 Å². The highest BCUT2D eigenvalue weighted by atomic mass is 14.9. The molecule has 0 fully saturated rings. The van der Waals surface area contributed by atoms with Crippen LogP contribution < -0.4 is 5.32 Å². The Kier molecular flexibility index (Phi) is 2.36. The monoisotopic (exact) mass is 189 g/mol. The van der Waals surface area contributed by atoms with Crippen LogP contribution in [0.3, 0.4) is 0 Å². The fourth-order valence-corrected chi connectivity index (χ4v) is 2.64. The molecule has 2 rings (SSSR count). The van der Waals surface area contributed by atoms with Crippen LogP contribution in [0, 0.1) is 19.8 Å². The van der Waals surface area contributed by atoms with Gasteiger partial charge in [0.2, 0.25) is 0 Å². The highest BCUT2D eigenvalue weighted by Crippen LogP contribution is 2.37. The Morgan fingerprint density at radius 3 is 2.64 bits per heavy atom. The van der Waals surface area contributed by atoms with Crippen molar-refractivity contribution in [2.24, 2.45) is 5.92 Å². The lowest BCUT2D eigenvalue weighted by Gasteiger charge is -2.15. The van der Waals surface area contributed by atoms with Crippen LogP contribution in [0.2, 0.25) is 0 Å². The van der Waals surface area contributed by atoms with Crippen LogP contribution in [0.15, 0.2) is 12.1 Å². The van der Waals surface area contributed by atoms with Gasteiger partial charge in [0.15, 0.2) is 0 Å². The third kappa shape index (κ3) is 1.27. The normalized spacial score (nSPS) is 25.1. The highest BCUT2D eigenvalue weighted by Gasteiger charge is 2.29. The third-order valence-electron chi connectivity index (χ3n) is 3.65. The van der Waals surface area contributed by atoms with Crippen molar-refractivity contribution < 1.29 is 0 Å². The molecule has 1 N–H and O–H groups in total. The lowest BCUT2D eigenvalue weighted by Crippen LogP contribution is -2.19. The maximum absolute atomic E-state index is 3.42. The van der Waals surface area contributed by atoms with E-state index >= 15 is 0 Å². The van der Waals surface area contributed by atoms with Gasteiger partial charge in [0, 0.05) is 6.04 Å². The zero-order chi connectivity index (χ0) is 10.3. The van der Waals surface area contributed by atoms with E-state index in [1.807, 2.05) is 0 Å². The zero-order valence-corrected chi connectivity index (χ0v) is 9.52. The lowest BCUT2D eigenvalue weighted by atomic mass is 9.99. The van der Waals surface area contributed by atoms with Crippen LogP contribution in [0.4, 0.5) is 0 Å². The predicted octanol–water partition coefficient (Wildman–Crippen LogP) is 2.76. The maximum atomic E-state index is 3.42. The molecule has 1 aromatic carbocycles. The summed E-state index contributed by atoms with van der Waals surface area (Å²) in [5, 5.41) is 3.42. The average molecular weight is 189 g/mol.